The molecule has 0 amide bonds. The van der Waals surface area contributed by atoms with E-state index in [4.69, 9.17) is 23.9 Å². The second-order valence-corrected chi connectivity index (χ2v) is 7.20. The Morgan fingerprint density at radius 1 is 1.10 bits per heavy atom. The lowest BCUT2D eigenvalue weighted by Gasteiger charge is -2.32. The number of methoxy groups -OCH3 is 3. The topological polar surface area (TPSA) is 67.8 Å². The van der Waals surface area contributed by atoms with E-state index in [1.54, 1.807) is 21.3 Å². The molecule has 1 atom stereocenters. The summed E-state index contributed by atoms with van der Waals surface area (Å²) in [7, 11) is 4.88. The monoisotopic (exact) mass is 406 g/mol. The molecule has 0 bridgehead atoms. The van der Waals surface area contributed by atoms with Gasteiger partial charge >= 0.3 is 0 Å². The summed E-state index contributed by atoms with van der Waals surface area (Å²) in [5.41, 5.74) is 0.962. The van der Waals surface area contributed by atoms with Crippen LogP contribution < -0.4 is 19.5 Å². The molecule has 2 aliphatic heterocycles. The molecule has 2 fully saturated rings. The van der Waals surface area contributed by atoms with Gasteiger partial charge in [-0.1, -0.05) is 0 Å². The average molecular weight is 407 g/mol. The van der Waals surface area contributed by atoms with Crippen LogP contribution in [0.5, 0.6) is 17.2 Å². The maximum Gasteiger partial charge on any atom is 0.203 e. The van der Waals surface area contributed by atoms with Crippen molar-refractivity contribution in [2.75, 3.05) is 67.3 Å². The number of hydrogen-bond donors (Lipinski definition) is 1. The molecule has 29 heavy (non-hydrogen) atoms. The Hall–Kier alpha value is -2.19. The van der Waals surface area contributed by atoms with Crippen LogP contribution in [0, 0.1) is 0 Å². The number of benzene rings is 1. The van der Waals surface area contributed by atoms with Gasteiger partial charge in [0.2, 0.25) is 5.75 Å². The molecule has 3 rings (SSSR count). The van der Waals surface area contributed by atoms with E-state index < -0.39 is 0 Å². The fraction of sp³-hybridized carbons (Fsp3) is 0.667. The smallest absolute Gasteiger partial charge is 0.203 e. The van der Waals surface area contributed by atoms with Crippen molar-refractivity contribution in [1.82, 2.24) is 15.1 Å². The van der Waals surface area contributed by atoms with Gasteiger partial charge in [-0.2, -0.15) is 0 Å². The Morgan fingerprint density at radius 2 is 1.86 bits per heavy atom. The Labute approximate surface area is 173 Å². The normalized spacial score (nSPS) is 20.6. The number of rotatable bonds is 7. The minimum absolute atomic E-state index is 0.505. The number of guanidine groups is 1. The van der Waals surface area contributed by atoms with Gasteiger partial charge in [0.1, 0.15) is 0 Å². The van der Waals surface area contributed by atoms with Crippen molar-refractivity contribution in [2.24, 2.45) is 4.99 Å². The zero-order valence-corrected chi connectivity index (χ0v) is 18.1. The predicted octanol–water partition coefficient (Wildman–Crippen LogP) is 1.58. The first-order chi connectivity index (χ1) is 14.2. The fourth-order valence-electron chi connectivity index (χ4n) is 4.05. The van der Waals surface area contributed by atoms with Gasteiger partial charge in [-0.15, -0.1) is 0 Å². The zero-order valence-electron chi connectivity index (χ0n) is 18.1. The highest BCUT2D eigenvalue weighted by Gasteiger charge is 2.30. The molecule has 8 nitrogen and oxygen atoms in total. The van der Waals surface area contributed by atoms with Crippen LogP contribution in [0.3, 0.4) is 0 Å². The average Bonchev–Trinajstić information content (AvgIpc) is 3.26. The SMILES string of the molecule is CCNC(=NCc1ccc(OC)c(OC)c1OC)N1CCC(N2CCOCC2)C1. The highest BCUT2D eigenvalue weighted by atomic mass is 16.5. The Bertz CT molecular complexity index is 692. The maximum atomic E-state index is 5.60. The number of nitrogens with zero attached hydrogens (tertiary/aromatic N) is 3. The molecule has 8 heteroatoms. The summed E-state index contributed by atoms with van der Waals surface area (Å²) in [5.74, 6) is 2.86. The van der Waals surface area contributed by atoms with E-state index >= 15 is 0 Å². The highest BCUT2D eigenvalue weighted by Crippen LogP contribution is 2.40. The minimum atomic E-state index is 0.505. The van der Waals surface area contributed by atoms with Gasteiger partial charge in [0.25, 0.3) is 0 Å². The van der Waals surface area contributed by atoms with Gasteiger partial charge < -0.3 is 29.2 Å². The second kappa shape index (κ2) is 10.5. The van der Waals surface area contributed by atoms with Crippen molar-refractivity contribution >= 4 is 5.96 Å². The summed E-state index contributed by atoms with van der Waals surface area (Å²) in [5, 5.41) is 3.44. The summed E-state index contributed by atoms with van der Waals surface area (Å²) in [6.45, 7) is 9.16. The van der Waals surface area contributed by atoms with Gasteiger partial charge in [-0.25, -0.2) is 4.99 Å². The molecule has 2 aliphatic rings. The highest BCUT2D eigenvalue weighted by molar-refractivity contribution is 5.80. The molecule has 0 saturated carbocycles. The van der Waals surface area contributed by atoms with E-state index in [1.807, 2.05) is 12.1 Å². The van der Waals surface area contributed by atoms with E-state index in [0.717, 1.165) is 63.9 Å². The quantitative estimate of drug-likeness (QED) is 0.545. The Kier molecular flexibility index (Phi) is 7.83. The van der Waals surface area contributed by atoms with E-state index in [1.165, 1.54) is 0 Å². The molecule has 1 N–H and O–H groups in total. The van der Waals surface area contributed by atoms with Crippen LogP contribution in [0.1, 0.15) is 18.9 Å². The minimum Gasteiger partial charge on any atom is -0.493 e. The molecule has 0 aliphatic carbocycles. The lowest BCUT2D eigenvalue weighted by atomic mass is 10.1. The maximum absolute atomic E-state index is 5.60. The van der Waals surface area contributed by atoms with Crippen molar-refractivity contribution in [3.8, 4) is 17.2 Å². The van der Waals surface area contributed by atoms with E-state index in [0.29, 0.717) is 29.8 Å². The summed E-state index contributed by atoms with van der Waals surface area (Å²) >= 11 is 0. The predicted molar refractivity (Wildman–Crippen MR) is 113 cm³/mol. The van der Waals surface area contributed by atoms with Gasteiger partial charge in [-0.05, 0) is 25.5 Å². The van der Waals surface area contributed by atoms with Gasteiger partial charge in [0.15, 0.2) is 17.5 Å². The first kappa shape index (κ1) is 21.5. The molecule has 2 saturated heterocycles. The number of likely N-dealkylation sites (tertiary alicyclic amines) is 1. The first-order valence-corrected chi connectivity index (χ1v) is 10.3. The van der Waals surface area contributed by atoms with Gasteiger partial charge in [-0.3, -0.25) is 4.90 Å². The third-order valence-electron chi connectivity index (χ3n) is 5.54. The van der Waals surface area contributed by atoms with Gasteiger partial charge in [0, 0.05) is 44.3 Å². The van der Waals surface area contributed by atoms with Crippen molar-refractivity contribution in [1.29, 1.82) is 0 Å². The summed E-state index contributed by atoms with van der Waals surface area (Å²) < 4.78 is 22.0. The third kappa shape index (κ3) is 5.05. The van der Waals surface area contributed by atoms with Crippen molar-refractivity contribution in [3.05, 3.63) is 17.7 Å². The fourth-order valence-corrected chi connectivity index (χ4v) is 4.05. The van der Waals surface area contributed by atoms with Crippen LogP contribution in [-0.2, 0) is 11.3 Å². The van der Waals surface area contributed by atoms with Crippen LogP contribution in [0.15, 0.2) is 17.1 Å². The van der Waals surface area contributed by atoms with Crippen molar-refractivity contribution in [3.63, 3.8) is 0 Å². The van der Waals surface area contributed by atoms with Crippen molar-refractivity contribution in [2.45, 2.75) is 25.9 Å². The lowest BCUT2D eigenvalue weighted by Crippen LogP contribution is -2.46. The Balaban J connectivity index is 1.73. The second-order valence-electron chi connectivity index (χ2n) is 7.20. The molecule has 2 heterocycles. The molecule has 0 spiro atoms. The largest absolute Gasteiger partial charge is 0.493 e. The molecule has 1 aromatic rings. The Morgan fingerprint density at radius 3 is 2.52 bits per heavy atom. The number of morpholine rings is 1. The van der Waals surface area contributed by atoms with Crippen LogP contribution >= 0.6 is 0 Å². The molecular formula is C21H34N4O4. The summed E-state index contributed by atoms with van der Waals surface area (Å²) in [6, 6.07) is 4.44. The van der Waals surface area contributed by atoms with E-state index in [9.17, 15) is 0 Å². The zero-order chi connectivity index (χ0) is 20.6. The number of nitrogens with one attached hydrogen (secondary N) is 1. The molecule has 1 aromatic carbocycles. The lowest BCUT2D eigenvalue weighted by molar-refractivity contribution is 0.0195. The number of ether oxygens (including phenoxy) is 4. The van der Waals surface area contributed by atoms with Crippen LogP contribution in [-0.4, -0.2) is 89.1 Å². The molecular weight excluding hydrogens is 372 g/mol. The summed E-state index contributed by atoms with van der Waals surface area (Å²) in [4.78, 5) is 9.80. The van der Waals surface area contributed by atoms with E-state index in [-0.39, 0.29) is 0 Å². The first-order valence-electron chi connectivity index (χ1n) is 10.3. The molecule has 0 aromatic heterocycles. The molecule has 162 valence electrons. The van der Waals surface area contributed by atoms with Crippen LogP contribution in [0.25, 0.3) is 0 Å². The van der Waals surface area contributed by atoms with E-state index in [2.05, 4.69) is 22.0 Å². The van der Waals surface area contributed by atoms with Crippen LogP contribution in [0.4, 0.5) is 0 Å². The third-order valence-corrected chi connectivity index (χ3v) is 5.54. The molecule has 0 radical (unpaired) electrons. The summed E-state index contributed by atoms with van der Waals surface area (Å²) in [6.07, 6.45) is 1.16. The van der Waals surface area contributed by atoms with Crippen molar-refractivity contribution < 1.29 is 18.9 Å². The van der Waals surface area contributed by atoms with Gasteiger partial charge in [0.05, 0.1) is 41.1 Å². The number of hydrogen-bond acceptors (Lipinski definition) is 6. The number of aliphatic imine (C=N–C) groups is 1. The standard InChI is InChI=1S/C21H34N4O4/c1-5-22-21(25-9-8-17(15-25)24-10-12-29-13-11-24)23-14-16-6-7-18(26-2)20(28-4)19(16)27-3/h6-7,17H,5,8-15H2,1-4H3,(H,22,23). The van der Waals surface area contributed by atoms with Crippen LogP contribution in [0.2, 0.25) is 0 Å². The molecule has 1 unspecified atom stereocenters.